The van der Waals surface area contributed by atoms with Gasteiger partial charge in [-0.1, -0.05) is 6.07 Å². The first kappa shape index (κ1) is 24.5. The minimum absolute atomic E-state index is 0.0315. The highest BCUT2D eigenvalue weighted by molar-refractivity contribution is 8.01. The van der Waals surface area contributed by atoms with Crippen molar-refractivity contribution in [2.24, 2.45) is 0 Å². The van der Waals surface area contributed by atoms with Gasteiger partial charge in [-0.25, -0.2) is 4.79 Å². The zero-order valence-electron chi connectivity index (χ0n) is 17.7. The third-order valence-electron chi connectivity index (χ3n) is 5.23. The van der Waals surface area contributed by atoms with Crippen LogP contribution in [0.25, 0.3) is 0 Å². The summed E-state index contributed by atoms with van der Waals surface area (Å²) >= 11 is 2.00. The van der Waals surface area contributed by atoms with Crippen molar-refractivity contribution in [2.75, 3.05) is 46.3 Å². The fraction of sp³-hybridized carbons (Fsp3) is 0.600. The summed E-state index contributed by atoms with van der Waals surface area (Å²) in [6, 6.07) is 6.18. The summed E-state index contributed by atoms with van der Waals surface area (Å²) in [6.45, 7) is 3.60. The van der Waals surface area contributed by atoms with E-state index in [1.54, 1.807) is 19.0 Å². The van der Waals surface area contributed by atoms with Crippen LogP contribution in [0, 0.1) is 0 Å². The first-order chi connectivity index (χ1) is 15.0. The van der Waals surface area contributed by atoms with Crippen LogP contribution in [-0.4, -0.2) is 90.1 Å². The highest BCUT2D eigenvalue weighted by Crippen LogP contribution is 2.46. The number of aliphatic carboxylic acids is 1. The predicted molar refractivity (Wildman–Crippen MR) is 110 cm³/mol. The number of thioether (sulfide) groups is 1. The maximum absolute atomic E-state index is 11.6. The third-order valence-corrected chi connectivity index (χ3v) is 6.80. The van der Waals surface area contributed by atoms with Gasteiger partial charge in [0.2, 0.25) is 12.7 Å². The van der Waals surface area contributed by atoms with Gasteiger partial charge in [0.15, 0.2) is 11.5 Å². The van der Waals surface area contributed by atoms with Crippen molar-refractivity contribution in [1.29, 1.82) is 0 Å². The number of likely N-dealkylation sites (tertiary alicyclic amines) is 1. The summed E-state index contributed by atoms with van der Waals surface area (Å²) in [6.07, 6.45) is -3.85. The Morgan fingerprint density at radius 2 is 1.94 bits per heavy atom. The summed E-state index contributed by atoms with van der Waals surface area (Å²) < 4.78 is 48.7. The number of hydrogen-bond donors (Lipinski definition) is 1. The normalized spacial score (nSPS) is 21.0. The largest absolute Gasteiger partial charge is 0.490 e. The molecule has 12 heteroatoms. The molecule has 1 unspecified atom stereocenters. The molecule has 1 aromatic rings. The van der Waals surface area contributed by atoms with Crippen LogP contribution in [0.1, 0.15) is 12.0 Å². The molecular formula is C20H25F3N2O6S. The predicted octanol–water partition coefficient (Wildman–Crippen LogP) is 2.21. The van der Waals surface area contributed by atoms with Crippen LogP contribution in [0.3, 0.4) is 0 Å². The highest BCUT2D eigenvalue weighted by Gasteiger charge is 2.49. The highest BCUT2D eigenvalue weighted by atomic mass is 32.2. The number of hydrogen-bond acceptors (Lipinski definition) is 7. The molecule has 178 valence electrons. The van der Waals surface area contributed by atoms with E-state index in [4.69, 9.17) is 24.1 Å². The second kappa shape index (κ2) is 9.75. The maximum atomic E-state index is 11.6. The molecule has 0 bridgehead atoms. The molecular weight excluding hydrogens is 453 g/mol. The third kappa shape index (κ3) is 6.20. The van der Waals surface area contributed by atoms with Gasteiger partial charge in [-0.3, -0.25) is 9.69 Å². The van der Waals surface area contributed by atoms with Crippen molar-refractivity contribution in [3.8, 4) is 11.5 Å². The number of alkyl halides is 3. The lowest BCUT2D eigenvalue weighted by Gasteiger charge is -2.47. The minimum atomic E-state index is -5.08. The molecule has 0 saturated carbocycles. The van der Waals surface area contributed by atoms with Crippen LogP contribution < -0.4 is 9.47 Å². The number of carbonyl (C=O) groups excluding carboxylic acids is 1. The molecule has 3 aliphatic rings. The summed E-state index contributed by atoms with van der Waals surface area (Å²) in [4.78, 5) is 24.6. The van der Waals surface area contributed by atoms with Gasteiger partial charge in [0.1, 0.15) is 6.61 Å². The molecule has 2 saturated heterocycles. The molecule has 1 atom stereocenters. The SMILES string of the molecule is CN(C)C(=O)COC1CSC2(C1)CN(Cc1ccc3c(c1)OCO3)C2.O=C(O)C(F)(F)F. The number of halogens is 3. The van der Waals surface area contributed by atoms with E-state index in [-0.39, 0.29) is 18.6 Å². The quantitative estimate of drug-likeness (QED) is 0.690. The van der Waals surface area contributed by atoms with Crippen molar-refractivity contribution < 1.29 is 42.1 Å². The molecule has 0 radical (unpaired) electrons. The fourth-order valence-corrected chi connectivity index (χ4v) is 5.23. The van der Waals surface area contributed by atoms with E-state index < -0.39 is 12.1 Å². The molecule has 3 aliphatic heterocycles. The van der Waals surface area contributed by atoms with E-state index in [0.717, 1.165) is 43.3 Å². The van der Waals surface area contributed by atoms with Crippen molar-refractivity contribution in [2.45, 2.75) is 30.0 Å². The summed E-state index contributed by atoms with van der Waals surface area (Å²) in [5.41, 5.74) is 1.26. The Kier molecular flexibility index (Phi) is 7.46. The van der Waals surface area contributed by atoms with E-state index in [9.17, 15) is 18.0 Å². The molecule has 1 N–H and O–H groups in total. The number of carbonyl (C=O) groups is 2. The van der Waals surface area contributed by atoms with Crippen molar-refractivity contribution in [3.05, 3.63) is 23.8 Å². The van der Waals surface area contributed by atoms with Crippen LogP contribution in [0.15, 0.2) is 18.2 Å². The Morgan fingerprint density at radius 1 is 1.28 bits per heavy atom. The number of ether oxygens (including phenoxy) is 3. The second-order valence-electron chi connectivity index (χ2n) is 8.06. The Hall–Kier alpha value is -2.18. The second-order valence-corrected chi connectivity index (χ2v) is 9.54. The molecule has 1 amide bonds. The van der Waals surface area contributed by atoms with Crippen LogP contribution in [0.2, 0.25) is 0 Å². The van der Waals surface area contributed by atoms with E-state index in [0.29, 0.717) is 11.5 Å². The average Bonchev–Trinajstić information content (AvgIpc) is 3.32. The molecule has 1 aromatic carbocycles. The molecule has 32 heavy (non-hydrogen) atoms. The number of amides is 1. The number of fused-ring (bicyclic) bond motifs is 1. The van der Waals surface area contributed by atoms with E-state index in [2.05, 4.69) is 17.0 Å². The number of carboxylic acids is 1. The first-order valence-corrected chi connectivity index (χ1v) is 10.8. The van der Waals surface area contributed by atoms with Gasteiger partial charge in [-0.15, -0.1) is 11.8 Å². The first-order valence-electron chi connectivity index (χ1n) is 9.84. The van der Waals surface area contributed by atoms with Gasteiger partial charge in [0.05, 0.1) is 6.10 Å². The standard InChI is InChI=1S/C18H24N2O4S.C2HF3O2/c1-19(2)17(21)8-22-14-6-18(25-9-14)10-20(11-18)7-13-3-4-15-16(5-13)24-12-23-15;3-2(4,5)1(6)7/h3-5,14H,6-12H2,1-2H3;(H,6,7). The molecule has 0 aliphatic carbocycles. The zero-order chi connectivity index (χ0) is 23.5. The smallest absolute Gasteiger partial charge is 0.475 e. The lowest BCUT2D eigenvalue weighted by molar-refractivity contribution is -0.192. The number of likely N-dealkylation sites (N-methyl/N-ethyl adjacent to an activating group) is 1. The number of nitrogens with zero attached hydrogens (tertiary/aromatic N) is 2. The molecule has 2 fully saturated rings. The van der Waals surface area contributed by atoms with Crippen LogP contribution in [0.4, 0.5) is 13.2 Å². The molecule has 4 rings (SSSR count). The van der Waals surface area contributed by atoms with Gasteiger partial charge >= 0.3 is 12.1 Å². The molecule has 8 nitrogen and oxygen atoms in total. The molecule has 0 aromatic heterocycles. The zero-order valence-corrected chi connectivity index (χ0v) is 18.5. The average molecular weight is 478 g/mol. The fourth-order valence-electron chi connectivity index (χ4n) is 3.63. The number of benzene rings is 1. The lowest BCUT2D eigenvalue weighted by atomic mass is 9.92. The Bertz CT molecular complexity index is 845. The van der Waals surface area contributed by atoms with Gasteiger partial charge in [0, 0.05) is 44.2 Å². The van der Waals surface area contributed by atoms with Crippen molar-refractivity contribution >= 4 is 23.6 Å². The van der Waals surface area contributed by atoms with Gasteiger partial charge in [-0.05, 0) is 24.1 Å². The Balaban J connectivity index is 0.000000360. The number of carboxylic acid groups (broad SMARTS) is 1. The maximum Gasteiger partial charge on any atom is 0.490 e. The lowest BCUT2D eigenvalue weighted by Crippen LogP contribution is -2.58. The molecule has 1 spiro atoms. The molecule has 3 heterocycles. The Morgan fingerprint density at radius 3 is 2.56 bits per heavy atom. The Labute approximate surface area is 187 Å². The van der Waals surface area contributed by atoms with Crippen LogP contribution in [-0.2, 0) is 20.9 Å². The van der Waals surface area contributed by atoms with Crippen LogP contribution in [0.5, 0.6) is 11.5 Å². The topological polar surface area (TPSA) is 88.5 Å². The summed E-state index contributed by atoms with van der Waals surface area (Å²) in [7, 11) is 3.52. The van der Waals surface area contributed by atoms with Crippen molar-refractivity contribution in [1.82, 2.24) is 9.80 Å². The summed E-state index contributed by atoms with van der Waals surface area (Å²) in [5.74, 6) is -0.0561. The number of rotatable bonds is 5. The van der Waals surface area contributed by atoms with Crippen LogP contribution >= 0.6 is 11.8 Å². The van der Waals surface area contributed by atoms with Gasteiger partial charge in [0.25, 0.3) is 0 Å². The van der Waals surface area contributed by atoms with Gasteiger partial charge < -0.3 is 24.2 Å². The van der Waals surface area contributed by atoms with E-state index in [1.807, 2.05) is 17.8 Å². The van der Waals surface area contributed by atoms with E-state index >= 15 is 0 Å². The van der Waals surface area contributed by atoms with Crippen molar-refractivity contribution in [3.63, 3.8) is 0 Å². The monoisotopic (exact) mass is 478 g/mol. The minimum Gasteiger partial charge on any atom is -0.475 e. The summed E-state index contributed by atoms with van der Waals surface area (Å²) in [5, 5.41) is 7.12. The van der Waals surface area contributed by atoms with E-state index in [1.165, 1.54) is 5.56 Å². The van der Waals surface area contributed by atoms with Gasteiger partial charge in [-0.2, -0.15) is 13.2 Å².